The van der Waals surface area contributed by atoms with Crippen molar-refractivity contribution in [1.82, 2.24) is 9.80 Å². The molecule has 1 aromatic heterocycles. The highest BCUT2D eigenvalue weighted by Crippen LogP contribution is 2.32. The molecule has 0 bridgehead atoms. The van der Waals surface area contributed by atoms with Gasteiger partial charge in [0.1, 0.15) is 0 Å². The van der Waals surface area contributed by atoms with E-state index in [-0.39, 0.29) is 18.1 Å². The summed E-state index contributed by atoms with van der Waals surface area (Å²) in [6.07, 6.45) is 7.63. The minimum absolute atomic E-state index is 0.288. The topological polar surface area (TPSA) is 32.8 Å². The molecular formula is C20H30N2O2S. The fraction of sp³-hybridized carbons (Fsp3) is 0.750. The maximum absolute atomic E-state index is 13.3. The van der Waals surface area contributed by atoms with Gasteiger partial charge in [-0.2, -0.15) is 0 Å². The molecule has 3 unspecified atom stereocenters. The van der Waals surface area contributed by atoms with Gasteiger partial charge in [-0.3, -0.25) is 9.69 Å². The molecule has 3 heterocycles. The molecule has 0 N–H and O–H groups in total. The quantitative estimate of drug-likeness (QED) is 0.827. The van der Waals surface area contributed by atoms with Gasteiger partial charge < -0.3 is 9.64 Å². The van der Waals surface area contributed by atoms with Crippen molar-refractivity contribution in [3.63, 3.8) is 0 Å². The number of likely N-dealkylation sites (tertiary alicyclic amines) is 1. The van der Waals surface area contributed by atoms with Gasteiger partial charge in [-0.1, -0.05) is 0 Å². The molecule has 2 fully saturated rings. The lowest BCUT2D eigenvalue weighted by Crippen LogP contribution is -2.51. The van der Waals surface area contributed by atoms with Crippen LogP contribution in [0.3, 0.4) is 0 Å². The summed E-state index contributed by atoms with van der Waals surface area (Å²) in [4.78, 5) is 19.4. The van der Waals surface area contributed by atoms with Crippen molar-refractivity contribution in [1.29, 1.82) is 0 Å². The van der Waals surface area contributed by atoms with Crippen molar-refractivity contribution in [2.24, 2.45) is 0 Å². The molecule has 1 aromatic rings. The van der Waals surface area contributed by atoms with Crippen LogP contribution >= 0.6 is 11.3 Å². The molecule has 138 valence electrons. The van der Waals surface area contributed by atoms with Crippen molar-refractivity contribution in [2.75, 3.05) is 26.2 Å². The first-order valence-electron chi connectivity index (χ1n) is 9.90. The van der Waals surface area contributed by atoms with Crippen LogP contribution in [0.25, 0.3) is 0 Å². The SMILES string of the molecule is CC1CN(CC2CCCN2C(=O)c2csc3c2CCCC3)CC(C)O1. The van der Waals surface area contributed by atoms with Crippen molar-refractivity contribution in [3.05, 3.63) is 21.4 Å². The highest BCUT2D eigenvalue weighted by molar-refractivity contribution is 7.10. The van der Waals surface area contributed by atoms with Gasteiger partial charge >= 0.3 is 0 Å². The zero-order valence-corrected chi connectivity index (χ0v) is 16.3. The first kappa shape index (κ1) is 17.5. The Morgan fingerprint density at radius 3 is 2.76 bits per heavy atom. The number of morpholine rings is 1. The molecule has 2 aliphatic heterocycles. The number of ether oxygens (including phenoxy) is 1. The second-order valence-corrected chi connectivity index (χ2v) is 8.99. The van der Waals surface area contributed by atoms with Crippen LogP contribution in [0.2, 0.25) is 0 Å². The summed E-state index contributed by atoms with van der Waals surface area (Å²) < 4.78 is 5.86. The Kier molecular flexibility index (Phi) is 5.16. The molecule has 4 nitrogen and oxygen atoms in total. The number of nitrogens with zero attached hydrogens (tertiary/aromatic N) is 2. The van der Waals surface area contributed by atoms with Crippen molar-refractivity contribution in [3.8, 4) is 0 Å². The first-order valence-corrected chi connectivity index (χ1v) is 10.8. The minimum atomic E-state index is 0.288. The number of carbonyl (C=O) groups excluding carboxylic acids is 1. The number of hydrogen-bond donors (Lipinski definition) is 0. The van der Waals surface area contributed by atoms with Gasteiger partial charge in [0, 0.05) is 42.5 Å². The molecule has 1 amide bonds. The maximum atomic E-state index is 13.3. The van der Waals surface area contributed by atoms with Crippen LogP contribution in [0.4, 0.5) is 0 Å². The fourth-order valence-corrected chi connectivity index (χ4v) is 5.97. The molecule has 0 radical (unpaired) electrons. The smallest absolute Gasteiger partial charge is 0.255 e. The summed E-state index contributed by atoms with van der Waals surface area (Å²) in [5.41, 5.74) is 2.37. The third-order valence-electron chi connectivity index (χ3n) is 5.89. The summed E-state index contributed by atoms with van der Waals surface area (Å²) in [6, 6.07) is 0.365. The first-order chi connectivity index (χ1) is 12.1. The second kappa shape index (κ2) is 7.37. The Balaban J connectivity index is 1.46. The van der Waals surface area contributed by atoms with Crippen LogP contribution in [-0.2, 0) is 17.6 Å². The van der Waals surface area contributed by atoms with E-state index in [0.29, 0.717) is 6.04 Å². The zero-order valence-electron chi connectivity index (χ0n) is 15.5. The summed E-state index contributed by atoms with van der Waals surface area (Å²) in [7, 11) is 0. The van der Waals surface area contributed by atoms with Gasteiger partial charge in [0.25, 0.3) is 5.91 Å². The van der Waals surface area contributed by atoms with Gasteiger partial charge in [0.15, 0.2) is 0 Å². The molecule has 0 spiro atoms. The molecular weight excluding hydrogens is 332 g/mol. The van der Waals surface area contributed by atoms with Crippen LogP contribution in [0.5, 0.6) is 0 Å². The van der Waals surface area contributed by atoms with Crippen LogP contribution in [-0.4, -0.2) is 60.1 Å². The Hall–Kier alpha value is -0.910. The standard InChI is InChI=1S/C20H30N2O2S/c1-14-10-21(11-15(2)24-14)12-16-6-5-9-22(16)20(23)18-13-25-19-8-4-3-7-17(18)19/h13-16H,3-12H2,1-2H3. The lowest BCUT2D eigenvalue weighted by molar-refractivity contribution is -0.0715. The Bertz CT molecular complexity index is 619. The summed E-state index contributed by atoms with van der Waals surface area (Å²) in [5.74, 6) is 0.288. The lowest BCUT2D eigenvalue weighted by Gasteiger charge is -2.38. The molecule has 25 heavy (non-hydrogen) atoms. The van der Waals surface area contributed by atoms with Crippen LogP contribution in [0.15, 0.2) is 5.38 Å². The Labute approximate surface area is 155 Å². The zero-order chi connectivity index (χ0) is 17.4. The van der Waals surface area contributed by atoms with E-state index in [0.717, 1.165) is 51.0 Å². The Morgan fingerprint density at radius 1 is 1.20 bits per heavy atom. The normalized spacial score (nSPS) is 30.5. The summed E-state index contributed by atoms with van der Waals surface area (Å²) >= 11 is 1.80. The van der Waals surface area contributed by atoms with E-state index >= 15 is 0 Å². The third kappa shape index (κ3) is 3.64. The largest absolute Gasteiger partial charge is 0.373 e. The minimum Gasteiger partial charge on any atom is -0.373 e. The summed E-state index contributed by atoms with van der Waals surface area (Å²) in [5, 5.41) is 2.13. The highest BCUT2D eigenvalue weighted by Gasteiger charge is 2.34. The number of thiophene rings is 1. The number of aryl methyl sites for hydroxylation is 1. The van der Waals surface area contributed by atoms with Gasteiger partial charge in [0.2, 0.25) is 0 Å². The molecule has 2 saturated heterocycles. The molecule has 0 saturated carbocycles. The van der Waals surface area contributed by atoms with E-state index in [1.807, 2.05) is 0 Å². The van der Waals surface area contributed by atoms with Crippen LogP contribution in [0, 0.1) is 0 Å². The summed E-state index contributed by atoms with van der Waals surface area (Å²) in [6.45, 7) is 8.18. The van der Waals surface area contributed by atoms with Crippen molar-refractivity contribution in [2.45, 2.75) is 70.6 Å². The van der Waals surface area contributed by atoms with Crippen molar-refractivity contribution >= 4 is 17.2 Å². The van der Waals surface area contributed by atoms with E-state index in [1.165, 1.54) is 29.7 Å². The van der Waals surface area contributed by atoms with Gasteiger partial charge in [-0.05, 0) is 57.9 Å². The third-order valence-corrected chi connectivity index (χ3v) is 6.98. The molecule has 3 atom stereocenters. The van der Waals surface area contributed by atoms with Crippen LogP contribution < -0.4 is 0 Å². The van der Waals surface area contributed by atoms with Crippen LogP contribution in [0.1, 0.15) is 60.3 Å². The monoisotopic (exact) mass is 362 g/mol. The van der Waals surface area contributed by atoms with Gasteiger partial charge in [0.05, 0.1) is 17.8 Å². The molecule has 1 aliphatic carbocycles. The van der Waals surface area contributed by atoms with Gasteiger partial charge in [-0.25, -0.2) is 0 Å². The molecule has 5 heteroatoms. The number of rotatable bonds is 3. The van der Waals surface area contributed by atoms with E-state index in [2.05, 4.69) is 29.0 Å². The second-order valence-electron chi connectivity index (χ2n) is 8.03. The lowest BCUT2D eigenvalue weighted by atomic mass is 9.95. The maximum Gasteiger partial charge on any atom is 0.255 e. The average Bonchev–Trinajstić information content (AvgIpc) is 3.20. The predicted octanol–water partition coefficient (Wildman–Crippen LogP) is 3.34. The number of fused-ring (bicyclic) bond motifs is 1. The highest BCUT2D eigenvalue weighted by atomic mass is 32.1. The van der Waals surface area contributed by atoms with Gasteiger partial charge in [-0.15, -0.1) is 11.3 Å². The van der Waals surface area contributed by atoms with E-state index in [4.69, 9.17) is 4.74 Å². The number of carbonyl (C=O) groups is 1. The predicted molar refractivity (Wildman–Crippen MR) is 101 cm³/mol. The fourth-order valence-electron chi connectivity index (χ4n) is 4.85. The number of hydrogen-bond acceptors (Lipinski definition) is 4. The number of amides is 1. The molecule has 3 aliphatic rings. The molecule has 0 aromatic carbocycles. The average molecular weight is 363 g/mol. The molecule has 4 rings (SSSR count). The van der Waals surface area contributed by atoms with E-state index in [9.17, 15) is 4.79 Å². The Morgan fingerprint density at radius 2 is 1.96 bits per heavy atom. The van der Waals surface area contributed by atoms with E-state index in [1.54, 1.807) is 11.3 Å². The van der Waals surface area contributed by atoms with Crippen molar-refractivity contribution < 1.29 is 9.53 Å². The van der Waals surface area contributed by atoms with E-state index < -0.39 is 0 Å².